The topological polar surface area (TPSA) is 48.1 Å². The van der Waals surface area contributed by atoms with Gasteiger partial charge in [-0.25, -0.2) is 4.39 Å². The quantitative estimate of drug-likeness (QED) is 0.929. The molecule has 1 aromatic heterocycles. The zero-order valence-electron chi connectivity index (χ0n) is 9.73. The molecule has 0 aliphatic heterocycles. The van der Waals surface area contributed by atoms with E-state index in [0.29, 0.717) is 16.1 Å². The minimum atomic E-state index is -0.657. The largest absolute Gasteiger partial charge is 0.494 e. The summed E-state index contributed by atoms with van der Waals surface area (Å²) in [6.07, 6.45) is 3.05. The van der Waals surface area contributed by atoms with E-state index < -0.39 is 11.9 Å². The number of rotatable bonds is 3. The van der Waals surface area contributed by atoms with Gasteiger partial charge in [-0.2, -0.15) is 0 Å². The Hall–Kier alpha value is -1.65. The third-order valence-electron chi connectivity index (χ3n) is 2.69. The minimum absolute atomic E-state index is 0.160. The van der Waals surface area contributed by atoms with E-state index in [0.717, 1.165) is 0 Å². The number of nitrogens with two attached hydrogens (primary N) is 1. The van der Waals surface area contributed by atoms with Crippen molar-refractivity contribution < 1.29 is 9.13 Å². The second kappa shape index (κ2) is 5.33. The van der Waals surface area contributed by atoms with Gasteiger partial charge in [0.2, 0.25) is 0 Å². The second-order valence-corrected chi connectivity index (χ2v) is 4.15. The molecule has 0 saturated carbocycles. The van der Waals surface area contributed by atoms with E-state index >= 15 is 0 Å². The minimum Gasteiger partial charge on any atom is -0.494 e. The Morgan fingerprint density at radius 1 is 1.33 bits per heavy atom. The van der Waals surface area contributed by atoms with Gasteiger partial charge in [-0.05, 0) is 17.7 Å². The van der Waals surface area contributed by atoms with Crippen molar-refractivity contribution in [1.82, 2.24) is 4.98 Å². The number of nitrogens with zero attached hydrogens (tertiary/aromatic N) is 1. The average molecular weight is 267 g/mol. The summed E-state index contributed by atoms with van der Waals surface area (Å²) < 4.78 is 19.0. The van der Waals surface area contributed by atoms with E-state index in [9.17, 15) is 4.39 Å². The van der Waals surface area contributed by atoms with Crippen LogP contribution in [0.5, 0.6) is 5.75 Å². The van der Waals surface area contributed by atoms with E-state index in [4.69, 9.17) is 22.1 Å². The van der Waals surface area contributed by atoms with Gasteiger partial charge < -0.3 is 10.5 Å². The first-order valence-corrected chi connectivity index (χ1v) is 5.70. The standard InChI is InChI=1S/C13H12ClFN2O/c1-18-11-4-2-3-9(12(11)15)13(16)8-5-6-17-7-10(8)14/h2-7,13H,16H2,1H3. The summed E-state index contributed by atoms with van der Waals surface area (Å²) >= 11 is 6.00. The van der Waals surface area contributed by atoms with Gasteiger partial charge in [0.05, 0.1) is 18.2 Å². The molecule has 0 spiro atoms. The summed E-state index contributed by atoms with van der Waals surface area (Å²) in [4.78, 5) is 3.87. The van der Waals surface area contributed by atoms with Crippen molar-refractivity contribution >= 4 is 11.6 Å². The van der Waals surface area contributed by atoms with Crippen LogP contribution in [0.3, 0.4) is 0 Å². The molecule has 94 valence electrons. The summed E-state index contributed by atoms with van der Waals surface area (Å²) in [5.74, 6) is -0.312. The van der Waals surface area contributed by atoms with Crippen molar-refractivity contribution in [2.24, 2.45) is 5.73 Å². The maximum Gasteiger partial charge on any atom is 0.170 e. The molecule has 5 heteroatoms. The molecular formula is C13H12ClFN2O. The molecule has 2 N–H and O–H groups in total. The highest BCUT2D eigenvalue weighted by atomic mass is 35.5. The van der Waals surface area contributed by atoms with E-state index in [-0.39, 0.29) is 5.75 Å². The predicted octanol–water partition coefficient (Wildman–Crippen LogP) is 2.93. The summed E-state index contributed by atoms with van der Waals surface area (Å²) in [6.45, 7) is 0. The number of pyridine rings is 1. The molecule has 2 aromatic rings. The van der Waals surface area contributed by atoms with Crippen LogP contribution in [0.2, 0.25) is 5.02 Å². The van der Waals surface area contributed by atoms with Crippen LogP contribution in [-0.4, -0.2) is 12.1 Å². The van der Waals surface area contributed by atoms with Crippen molar-refractivity contribution in [3.8, 4) is 5.75 Å². The number of hydrogen-bond donors (Lipinski definition) is 1. The second-order valence-electron chi connectivity index (χ2n) is 3.74. The van der Waals surface area contributed by atoms with Crippen molar-refractivity contribution in [3.63, 3.8) is 0 Å². The number of halogens is 2. The molecule has 2 rings (SSSR count). The molecule has 0 saturated heterocycles. The normalized spacial score (nSPS) is 12.2. The molecule has 0 radical (unpaired) electrons. The molecule has 1 unspecified atom stereocenters. The van der Waals surface area contributed by atoms with Crippen molar-refractivity contribution in [2.75, 3.05) is 7.11 Å². The monoisotopic (exact) mass is 266 g/mol. The Balaban J connectivity index is 2.47. The van der Waals surface area contributed by atoms with Crippen LogP contribution in [0.1, 0.15) is 17.2 Å². The molecule has 1 aromatic carbocycles. The first-order valence-electron chi connectivity index (χ1n) is 5.32. The molecule has 0 aliphatic carbocycles. The summed E-state index contributed by atoms with van der Waals surface area (Å²) in [7, 11) is 1.41. The first-order chi connectivity index (χ1) is 8.65. The van der Waals surface area contributed by atoms with Gasteiger partial charge in [0, 0.05) is 18.0 Å². The van der Waals surface area contributed by atoms with E-state index in [1.165, 1.54) is 13.3 Å². The fourth-order valence-electron chi connectivity index (χ4n) is 1.73. The van der Waals surface area contributed by atoms with Crippen molar-refractivity contribution in [3.05, 3.63) is 58.6 Å². The Morgan fingerprint density at radius 3 is 2.78 bits per heavy atom. The summed E-state index contributed by atoms with van der Waals surface area (Å²) in [6, 6.07) is 5.85. The molecule has 3 nitrogen and oxygen atoms in total. The predicted molar refractivity (Wildman–Crippen MR) is 68.2 cm³/mol. The van der Waals surface area contributed by atoms with Crippen LogP contribution in [-0.2, 0) is 0 Å². The number of methoxy groups -OCH3 is 1. The highest BCUT2D eigenvalue weighted by molar-refractivity contribution is 6.31. The third kappa shape index (κ3) is 2.30. The first kappa shape index (κ1) is 12.8. The van der Waals surface area contributed by atoms with Crippen LogP contribution < -0.4 is 10.5 Å². The Kier molecular flexibility index (Phi) is 3.79. The lowest BCUT2D eigenvalue weighted by Gasteiger charge is -2.15. The lowest BCUT2D eigenvalue weighted by Crippen LogP contribution is -2.14. The van der Waals surface area contributed by atoms with Gasteiger partial charge in [-0.15, -0.1) is 0 Å². The highest BCUT2D eigenvalue weighted by Gasteiger charge is 2.18. The lowest BCUT2D eigenvalue weighted by atomic mass is 10.00. The molecule has 1 atom stereocenters. The van der Waals surface area contributed by atoms with Crippen LogP contribution in [0.15, 0.2) is 36.7 Å². The Labute approximate surface area is 109 Å². The Bertz CT molecular complexity index is 562. The number of hydrogen-bond acceptors (Lipinski definition) is 3. The molecule has 0 aliphatic rings. The molecule has 0 amide bonds. The maximum absolute atomic E-state index is 14.1. The number of aromatic nitrogens is 1. The van der Waals surface area contributed by atoms with Gasteiger partial charge >= 0.3 is 0 Å². The fourth-order valence-corrected chi connectivity index (χ4v) is 1.97. The van der Waals surface area contributed by atoms with Crippen LogP contribution in [0.4, 0.5) is 4.39 Å². The molecule has 1 heterocycles. The molecular weight excluding hydrogens is 255 g/mol. The Morgan fingerprint density at radius 2 is 2.11 bits per heavy atom. The smallest absolute Gasteiger partial charge is 0.170 e. The number of ether oxygens (including phenoxy) is 1. The molecule has 0 fully saturated rings. The fraction of sp³-hybridized carbons (Fsp3) is 0.154. The molecule has 18 heavy (non-hydrogen) atoms. The SMILES string of the molecule is COc1cccc(C(N)c2ccncc2Cl)c1F. The zero-order chi connectivity index (χ0) is 13.1. The van der Waals surface area contributed by atoms with Crippen LogP contribution in [0.25, 0.3) is 0 Å². The zero-order valence-corrected chi connectivity index (χ0v) is 10.5. The van der Waals surface area contributed by atoms with E-state index in [1.54, 1.807) is 30.5 Å². The van der Waals surface area contributed by atoms with Gasteiger partial charge in [0.25, 0.3) is 0 Å². The maximum atomic E-state index is 14.1. The van der Waals surface area contributed by atoms with Gasteiger partial charge in [-0.3, -0.25) is 4.98 Å². The van der Waals surface area contributed by atoms with Gasteiger partial charge in [-0.1, -0.05) is 23.7 Å². The van der Waals surface area contributed by atoms with E-state index in [2.05, 4.69) is 4.98 Å². The lowest BCUT2D eigenvalue weighted by molar-refractivity contribution is 0.383. The van der Waals surface area contributed by atoms with Gasteiger partial charge in [0.15, 0.2) is 11.6 Å². The van der Waals surface area contributed by atoms with E-state index in [1.807, 2.05) is 0 Å². The summed E-state index contributed by atoms with van der Waals surface area (Å²) in [5, 5.41) is 0.409. The summed E-state index contributed by atoms with van der Waals surface area (Å²) in [5.41, 5.74) is 6.99. The number of benzene rings is 1. The van der Waals surface area contributed by atoms with Crippen LogP contribution in [0, 0.1) is 5.82 Å². The van der Waals surface area contributed by atoms with Crippen molar-refractivity contribution in [2.45, 2.75) is 6.04 Å². The van der Waals surface area contributed by atoms with Crippen molar-refractivity contribution in [1.29, 1.82) is 0 Å². The molecule has 0 bridgehead atoms. The third-order valence-corrected chi connectivity index (χ3v) is 3.00. The van der Waals surface area contributed by atoms with Gasteiger partial charge in [0.1, 0.15) is 0 Å². The average Bonchev–Trinajstić information content (AvgIpc) is 2.39. The highest BCUT2D eigenvalue weighted by Crippen LogP contribution is 2.30. The van der Waals surface area contributed by atoms with Crippen LogP contribution >= 0.6 is 11.6 Å².